The monoisotopic (exact) mass is 329 g/mol. The molecule has 2 aliphatic rings. The van der Waals surface area contributed by atoms with Gasteiger partial charge in [-0.15, -0.1) is 0 Å². The van der Waals surface area contributed by atoms with Crippen molar-refractivity contribution in [2.75, 3.05) is 30.3 Å². The standard InChI is InChI=1S/C17H23N5O2/c18-14-9-16(22-8-7-13(10-22)11-24-17(19)23)21-15(20-14)6-5-12-3-1-2-4-12/h9,12-13H,1-4,7-8,10-11H2,(H2,19,23)(H2,18,20,21)/t13-/m1/s1. The topological polar surface area (TPSA) is 107 Å². The highest BCUT2D eigenvalue weighted by molar-refractivity contribution is 5.64. The Balaban J connectivity index is 1.66. The predicted molar refractivity (Wildman–Crippen MR) is 91.1 cm³/mol. The molecule has 4 N–H and O–H groups in total. The second kappa shape index (κ2) is 7.39. The number of amides is 1. The number of anilines is 2. The van der Waals surface area contributed by atoms with Crippen LogP contribution < -0.4 is 16.4 Å². The lowest BCUT2D eigenvalue weighted by molar-refractivity contribution is 0.140. The number of aromatic nitrogens is 2. The van der Waals surface area contributed by atoms with Gasteiger partial charge in [-0.3, -0.25) is 0 Å². The Labute approximate surface area is 141 Å². The zero-order valence-corrected chi connectivity index (χ0v) is 13.7. The van der Waals surface area contributed by atoms with Gasteiger partial charge in [0, 0.05) is 31.0 Å². The fraction of sp³-hybridized carbons (Fsp3) is 0.588. The number of hydrogen-bond donors (Lipinski definition) is 2. The van der Waals surface area contributed by atoms with Crippen LogP contribution in [-0.2, 0) is 4.74 Å². The molecule has 1 aliphatic carbocycles. The number of primary amides is 1. The van der Waals surface area contributed by atoms with Crippen molar-refractivity contribution in [2.45, 2.75) is 32.1 Å². The van der Waals surface area contributed by atoms with Crippen LogP contribution in [-0.4, -0.2) is 35.8 Å². The molecule has 2 heterocycles. The molecule has 0 radical (unpaired) electrons. The first kappa shape index (κ1) is 16.4. The molecule has 1 saturated carbocycles. The zero-order valence-electron chi connectivity index (χ0n) is 13.7. The fourth-order valence-electron chi connectivity index (χ4n) is 3.28. The van der Waals surface area contributed by atoms with Crippen LogP contribution in [0.3, 0.4) is 0 Å². The number of nitrogens with two attached hydrogens (primary N) is 2. The van der Waals surface area contributed by atoms with Crippen LogP contribution in [0.25, 0.3) is 0 Å². The minimum absolute atomic E-state index is 0.252. The first-order chi connectivity index (χ1) is 11.6. The van der Waals surface area contributed by atoms with Gasteiger partial charge in [0.2, 0.25) is 5.82 Å². The lowest BCUT2D eigenvalue weighted by Crippen LogP contribution is -2.24. The van der Waals surface area contributed by atoms with Gasteiger partial charge >= 0.3 is 6.09 Å². The molecule has 0 unspecified atom stereocenters. The SMILES string of the molecule is NC(=O)OC[C@@H]1CCN(c2cc(N)nc(C#CC3CCCC3)n2)C1. The van der Waals surface area contributed by atoms with E-state index in [1.807, 2.05) is 0 Å². The van der Waals surface area contributed by atoms with E-state index in [2.05, 4.69) is 26.7 Å². The van der Waals surface area contributed by atoms with Crippen LogP contribution >= 0.6 is 0 Å². The molecule has 1 aromatic rings. The molecule has 24 heavy (non-hydrogen) atoms. The number of carbonyl (C=O) groups excluding carboxylic acids is 1. The summed E-state index contributed by atoms with van der Waals surface area (Å²) in [5.74, 6) is 8.73. The van der Waals surface area contributed by atoms with Crippen molar-refractivity contribution >= 4 is 17.7 Å². The largest absolute Gasteiger partial charge is 0.449 e. The molecular formula is C17H23N5O2. The third-order valence-electron chi connectivity index (χ3n) is 4.55. The molecule has 1 aliphatic heterocycles. The van der Waals surface area contributed by atoms with E-state index >= 15 is 0 Å². The lowest BCUT2D eigenvalue weighted by atomic mass is 10.1. The second-order valence-electron chi connectivity index (χ2n) is 6.46. The Bertz CT molecular complexity index is 661. The molecule has 7 nitrogen and oxygen atoms in total. The van der Waals surface area contributed by atoms with Gasteiger partial charge in [-0.2, -0.15) is 0 Å². The summed E-state index contributed by atoms with van der Waals surface area (Å²) in [7, 11) is 0. The Morgan fingerprint density at radius 1 is 1.33 bits per heavy atom. The van der Waals surface area contributed by atoms with E-state index in [1.54, 1.807) is 6.07 Å². The summed E-state index contributed by atoms with van der Waals surface area (Å²) in [6.07, 6.45) is 5.02. The molecule has 1 aromatic heterocycles. The molecule has 3 rings (SSSR count). The summed E-state index contributed by atoms with van der Waals surface area (Å²) in [5.41, 5.74) is 10.9. The highest BCUT2D eigenvalue weighted by Crippen LogP contribution is 2.25. The van der Waals surface area contributed by atoms with Crippen LogP contribution in [0, 0.1) is 23.7 Å². The summed E-state index contributed by atoms with van der Waals surface area (Å²) in [6.45, 7) is 1.92. The number of ether oxygens (including phenoxy) is 1. The smallest absolute Gasteiger partial charge is 0.404 e. The van der Waals surface area contributed by atoms with Gasteiger partial charge in [0.1, 0.15) is 11.6 Å². The fourth-order valence-corrected chi connectivity index (χ4v) is 3.28. The zero-order chi connectivity index (χ0) is 16.9. The van der Waals surface area contributed by atoms with E-state index in [0.717, 1.165) is 38.2 Å². The molecule has 0 bridgehead atoms. The summed E-state index contributed by atoms with van der Waals surface area (Å²) in [5, 5.41) is 0. The Kier molecular flexibility index (Phi) is 5.04. The van der Waals surface area contributed by atoms with Gasteiger partial charge < -0.3 is 21.1 Å². The number of carbonyl (C=O) groups is 1. The Morgan fingerprint density at radius 3 is 2.88 bits per heavy atom. The van der Waals surface area contributed by atoms with Crippen LogP contribution in [0.1, 0.15) is 37.9 Å². The molecule has 128 valence electrons. The molecule has 2 fully saturated rings. The van der Waals surface area contributed by atoms with Crippen molar-refractivity contribution in [3.63, 3.8) is 0 Å². The first-order valence-corrected chi connectivity index (χ1v) is 8.43. The Hall–Kier alpha value is -2.49. The van der Waals surface area contributed by atoms with Gasteiger partial charge in [0.05, 0.1) is 6.61 Å². The van der Waals surface area contributed by atoms with Crippen LogP contribution in [0.5, 0.6) is 0 Å². The van der Waals surface area contributed by atoms with Crippen molar-refractivity contribution < 1.29 is 9.53 Å². The van der Waals surface area contributed by atoms with E-state index < -0.39 is 6.09 Å². The van der Waals surface area contributed by atoms with Crippen molar-refractivity contribution in [2.24, 2.45) is 17.6 Å². The van der Waals surface area contributed by atoms with Crippen molar-refractivity contribution in [1.29, 1.82) is 0 Å². The second-order valence-corrected chi connectivity index (χ2v) is 6.46. The summed E-state index contributed by atoms with van der Waals surface area (Å²) in [4.78, 5) is 21.6. The highest BCUT2D eigenvalue weighted by Gasteiger charge is 2.25. The third-order valence-corrected chi connectivity index (χ3v) is 4.55. The van der Waals surface area contributed by atoms with Gasteiger partial charge in [-0.1, -0.05) is 18.8 Å². The maximum absolute atomic E-state index is 10.7. The molecule has 0 spiro atoms. The maximum atomic E-state index is 10.7. The first-order valence-electron chi connectivity index (χ1n) is 8.43. The number of nitrogens with zero attached hydrogens (tertiary/aromatic N) is 3. The van der Waals surface area contributed by atoms with Crippen molar-refractivity contribution in [3.05, 3.63) is 11.9 Å². The van der Waals surface area contributed by atoms with E-state index in [0.29, 0.717) is 24.2 Å². The van der Waals surface area contributed by atoms with Gasteiger partial charge in [-0.25, -0.2) is 14.8 Å². The molecular weight excluding hydrogens is 306 g/mol. The van der Waals surface area contributed by atoms with Gasteiger partial charge in [0.15, 0.2) is 0 Å². The normalized spacial score (nSPS) is 20.7. The van der Waals surface area contributed by atoms with Crippen LogP contribution in [0.2, 0.25) is 0 Å². The molecule has 1 saturated heterocycles. The predicted octanol–water partition coefficient (Wildman–Crippen LogP) is 1.52. The Morgan fingerprint density at radius 2 is 2.12 bits per heavy atom. The number of nitrogen functional groups attached to an aromatic ring is 1. The molecule has 1 amide bonds. The lowest BCUT2D eigenvalue weighted by Gasteiger charge is -2.17. The number of hydrogen-bond acceptors (Lipinski definition) is 6. The minimum Gasteiger partial charge on any atom is -0.449 e. The van der Waals surface area contributed by atoms with Crippen molar-refractivity contribution in [3.8, 4) is 11.8 Å². The molecule has 7 heteroatoms. The maximum Gasteiger partial charge on any atom is 0.404 e. The summed E-state index contributed by atoms with van der Waals surface area (Å²) in [6, 6.07) is 1.76. The summed E-state index contributed by atoms with van der Waals surface area (Å²) >= 11 is 0. The minimum atomic E-state index is -0.732. The van der Waals surface area contributed by atoms with Crippen LogP contribution in [0.4, 0.5) is 16.4 Å². The molecule has 1 atom stereocenters. The van der Waals surface area contributed by atoms with E-state index in [1.165, 1.54) is 12.8 Å². The average Bonchev–Trinajstić information content (AvgIpc) is 3.22. The summed E-state index contributed by atoms with van der Waals surface area (Å²) < 4.78 is 4.89. The quantitative estimate of drug-likeness (QED) is 0.814. The highest BCUT2D eigenvalue weighted by atomic mass is 16.5. The average molecular weight is 329 g/mol. The van der Waals surface area contributed by atoms with Gasteiger partial charge in [-0.05, 0) is 25.2 Å². The van der Waals surface area contributed by atoms with Crippen LogP contribution in [0.15, 0.2) is 6.07 Å². The van der Waals surface area contributed by atoms with E-state index in [9.17, 15) is 4.79 Å². The van der Waals surface area contributed by atoms with E-state index in [4.69, 9.17) is 16.2 Å². The third kappa shape index (κ3) is 4.28. The molecule has 0 aromatic carbocycles. The van der Waals surface area contributed by atoms with E-state index in [-0.39, 0.29) is 5.92 Å². The van der Waals surface area contributed by atoms with Crippen molar-refractivity contribution in [1.82, 2.24) is 9.97 Å². The van der Waals surface area contributed by atoms with Gasteiger partial charge in [0.25, 0.3) is 0 Å². The number of rotatable bonds is 3.